The number of rotatable bonds is 7. The van der Waals surface area contributed by atoms with Crippen molar-refractivity contribution in [1.29, 1.82) is 5.26 Å². The fourth-order valence-electron chi connectivity index (χ4n) is 5.32. The minimum atomic E-state index is -4.81. The molecule has 1 atom stereocenters. The first-order valence-electron chi connectivity index (χ1n) is 13.8. The fourth-order valence-corrected chi connectivity index (χ4v) is 5.96. The van der Waals surface area contributed by atoms with Crippen LogP contribution in [0, 0.1) is 18.3 Å². The van der Waals surface area contributed by atoms with Crippen molar-refractivity contribution in [3.8, 4) is 23.3 Å². The highest BCUT2D eigenvalue weighted by Crippen LogP contribution is 2.42. The number of amides is 1. The molecule has 0 radical (unpaired) electrons. The number of aryl methyl sites for hydroxylation is 2. The third-order valence-corrected chi connectivity index (χ3v) is 7.81. The van der Waals surface area contributed by atoms with E-state index in [9.17, 15) is 28.0 Å². The van der Waals surface area contributed by atoms with Gasteiger partial charge >= 0.3 is 6.18 Å². The van der Waals surface area contributed by atoms with E-state index < -0.39 is 39.8 Å². The molecule has 1 amide bonds. The molecular weight excluding hydrogens is 597 g/mol. The van der Waals surface area contributed by atoms with Gasteiger partial charge in [-0.05, 0) is 64.4 Å². The highest BCUT2D eigenvalue weighted by Gasteiger charge is 2.52. The van der Waals surface area contributed by atoms with Crippen LogP contribution in [0.25, 0.3) is 17.0 Å². The van der Waals surface area contributed by atoms with Crippen LogP contribution in [0.4, 0.5) is 24.7 Å². The number of pyridine rings is 1. The zero-order chi connectivity index (χ0) is 32.1. The summed E-state index contributed by atoms with van der Waals surface area (Å²) in [6, 6.07) is 7.82. The molecule has 1 N–H and O–H groups in total. The van der Waals surface area contributed by atoms with Gasteiger partial charge in [0.1, 0.15) is 22.9 Å². The number of aromatic amines is 1. The summed E-state index contributed by atoms with van der Waals surface area (Å²) in [5.41, 5.74) is -3.62. The van der Waals surface area contributed by atoms with Crippen molar-refractivity contribution in [2.45, 2.75) is 64.7 Å². The van der Waals surface area contributed by atoms with Crippen LogP contribution in [0.2, 0.25) is 0 Å². The smallest absolute Gasteiger partial charge is 0.417 e. The Morgan fingerprint density at radius 1 is 1.16 bits per heavy atom. The Balaban J connectivity index is 1.64. The fraction of sp³-hybridized carbons (Fsp3) is 0.379. The first kappa shape index (κ1) is 30.9. The van der Waals surface area contributed by atoms with E-state index in [-0.39, 0.29) is 29.6 Å². The van der Waals surface area contributed by atoms with Crippen molar-refractivity contribution in [2.24, 2.45) is 0 Å². The molecule has 0 spiro atoms. The maximum absolute atomic E-state index is 13.7. The molecule has 4 aromatic rings. The number of thiol groups is 1. The van der Waals surface area contributed by atoms with Gasteiger partial charge in [0.15, 0.2) is 22.5 Å². The van der Waals surface area contributed by atoms with E-state index >= 15 is 0 Å². The Hall–Kier alpha value is -4.58. The number of carbonyl (C=O) groups excluding carboxylic acids is 1. The average molecular weight is 627 g/mol. The molecule has 1 aliphatic heterocycles. The number of fused-ring (bicyclic) bond motifs is 1. The number of alkyl halides is 3. The molecule has 1 saturated heterocycles. The van der Waals surface area contributed by atoms with Crippen LogP contribution in [0.3, 0.4) is 0 Å². The standard InChI is InChI=1S/C29H29F3N8O3S/c1-6-8-21-34-15(3)23-25(41)36-24(37-40(21)23)22-19(43-7-2)11-12-20(35-22)39-27(44)38(26(42)28(39,4)5)17-10-9-16(14-33)18(13-17)29(30,31)32/h9-13,27,44H,6-8H2,1-5H3,(H,36,37,41). The van der Waals surface area contributed by atoms with E-state index in [0.717, 1.165) is 23.5 Å². The van der Waals surface area contributed by atoms with Gasteiger partial charge in [0.25, 0.3) is 11.5 Å². The number of anilines is 2. The van der Waals surface area contributed by atoms with Crippen LogP contribution in [0.5, 0.6) is 5.75 Å². The first-order valence-corrected chi connectivity index (χ1v) is 14.3. The van der Waals surface area contributed by atoms with E-state index in [0.29, 0.717) is 29.2 Å². The van der Waals surface area contributed by atoms with Gasteiger partial charge in [0.05, 0.1) is 29.5 Å². The number of carbonyl (C=O) groups is 1. The lowest BCUT2D eigenvalue weighted by atomic mass is 10.0. The molecule has 5 rings (SSSR count). The molecule has 44 heavy (non-hydrogen) atoms. The van der Waals surface area contributed by atoms with Gasteiger partial charge in [-0.15, -0.1) is 17.7 Å². The van der Waals surface area contributed by atoms with Gasteiger partial charge in [0.2, 0.25) is 0 Å². The lowest BCUT2D eigenvalue weighted by Gasteiger charge is -2.32. The number of imidazole rings is 1. The van der Waals surface area contributed by atoms with Gasteiger partial charge in [-0.2, -0.15) is 18.4 Å². The van der Waals surface area contributed by atoms with Gasteiger partial charge in [-0.1, -0.05) is 6.92 Å². The lowest BCUT2D eigenvalue weighted by Crippen LogP contribution is -2.45. The number of H-pyrrole nitrogens is 1. The molecule has 1 fully saturated rings. The number of nitrogens with one attached hydrogen (secondary N) is 1. The number of halogens is 3. The maximum Gasteiger partial charge on any atom is 0.417 e. The second-order valence-corrected chi connectivity index (χ2v) is 11.1. The van der Waals surface area contributed by atoms with Crippen molar-refractivity contribution in [3.63, 3.8) is 0 Å². The minimum absolute atomic E-state index is 0.0848. The van der Waals surface area contributed by atoms with E-state index in [2.05, 4.69) is 27.7 Å². The molecular formula is C29H29F3N8O3S. The molecule has 0 bridgehead atoms. The van der Waals surface area contributed by atoms with Crippen molar-refractivity contribution >= 4 is 35.6 Å². The Morgan fingerprint density at radius 3 is 2.52 bits per heavy atom. The maximum atomic E-state index is 13.7. The van der Waals surface area contributed by atoms with Crippen LogP contribution in [0.1, 0.15) is 56.8 Å². The number of hydrogen-bond donors (Lipinski definition) is 2. The largest absolute Gasteiger partial charge is 0.491 e. The summed E-state index contributed by atoms with van der Waals surface area (Å²) in [5, 5.41) is 13.9. The highest BCUT2D eigenvalue weighted by molar-refractivity contribution is 7.81. The molecule has 11 nitrogen and oxygen atoms in total. The summed E-state index contributed by atoms with van der Waals surface area (Å²) in [4.78, 5) is 41.6. The molecule has 1 aromatic carbocycles. The zero-order valence-electron chi connectivity index (χ0n) is 24.5. The van der Waals surface area contributed by atoms with Gasteiger partial charge in [0, 0.05) is 12.1 Å². The number of aromatic nitrogens is 5. The minimum Gasteiger partial charge on any atom is -0.491 e. The number of hydrogen-bond acceptors (Lipinski definition) is 9. The molecule has 3 aromatic heterocycles. The summed E-state index contributed by atoms with van der Waals surface area (Å²) < 4.78 is 48.5. The third-order valence-electron chi connectivity index (χ3n) is 7.34. The van der Waals surface area contributed by atoms with Gasteiger partial charge in [-0.25, -0.2) is 14.5 Å². The highest BCUT2D eigenvalue weighted by atomic mass is 32.1. The van der Waals surface area contributed by atoms with Crippen LogP contribution in [-0.2, 0) is 17.4 Å². The summed E-state index contributed by atoms with van der Waals surface area (Å²) in [7, 11) is 0. The summed E-state index contributed by atoms with van der Waals surface area (Å²) in [6.07, 6.45) is -3.45. The number of ether oxygens (including phenoxy) is 1. The Kier molecular flexibility index (Phi) is 7.83. The second kappa shape index (κ2) is 11.2. The Morgan fingerprint density at radius 2 is 1.89 bits per heavy atom. The summed E-state index contributed by atoms with van der Waals surface area (Å²) in [5.74, 6) is 0.705. The normalized spacial score (nSPS) is 16.5. The number of benzene rings is 1. The van der Waals surface area contributed by atoms with E-state index in [1.165, 1.54) is 10.6 Å². The zero-order valence-corrected chi connectivity index (χ0v) is 25.4. The molecule has 230 valence electrons. The molecule has 0 aliphatic carbocycles. The quantitative estimate of drug-likeness (QED) is 0.278. The molecule has 4 heterocycles. The Bertz CT molecular complexity index is 1880. The third kappa shape index (κ3) is 5.02. The van der Waals surface area contributed by atoms with Crippen molar-refractivity contribution in [3.05, 3.63) is 63.3 Å². The van der Waals surface area contributed by atoms with Crippen molar-refractivity contribution in [2.75, 3.05) is 16.4 Å². The predicted octanol–water partition coefficient (Wildman–Crippen LogP) is 4.87. The SMILES string of the molecule is CCCc1nc(C)c2c(=O)[nH]c(-c3nc(N4C(S)N(c5ccc(C#N)c(C(F)(F)F)c5)C(=O)C4(C)C)ccc3OCC)nn12. The second-order valence-electron chi connectivity index (χ2n) is 10.7. The monoisotopic (exact) mass is 626 g/mol. The molecule has 1 aliphatic rings. The van der Waals surface area contributed by atoms with Crippen LogP contribution >= 0.6 is 12.6 Å². The average Bonchev–Trinajstić information content (AvgIpc) is 3.37. The molecule has 15 heteroatoms. The summed E-state index contributed by atoms with van der Waals surface area (Å²) >= 11 is 4.65. The van der Waals surface area contributed by atoms with E-state index in [1.54, 1.807) is 50.8 Å². The van der Waals surface area contributed by atoms with Gasteiger partial charge < -0.3 is 14.6 Å². The number of nitriles is 1. The Labute approximate surface area is 255 Å². The van der Waals surface area contributed by atoms with Crippen LogP contribution < -0.4 is 20.1 Å². The van der Waals surface area contributed by atoms with E-state index in [1.807, 2.05) is 6.92 Å². The number of nitrogens with zero attached hydrogens (tertiary/aromatic N) is 7. The lowest BCUT2D eigenvalue weighted by molar-refractivity contribution is -0.137. The van der Waals surface area contributed by atoms with Crippen molar-refractivity contribution < 1.29 is 22.7 Å². The predicted molar refractivity (Wildman–Crippen MR) is 160 cm³/mol. The van der Waals surface area contributed by atoms with E-state index in [4.69, 9.17) is 9.72 Å². The summed E-state index contributed by atoms with van der Waals surface area (Å²) in [6.45, 7) is 8.98. The van der Waals surface area contributed by atoms with Crippen LogP contribution in [-0.4, -0.2) is 48.1 Å². The van der Waals surface area contributed by atoms with Crippen LogP contribution in [0.15, 0.2) is 35.1 Å². The molecule has 1 unspecified atom stereocenters. The molecule has 0 saturated carbocycles. The first-order chi connectivity index (χ1) is 20.7. The van der Waals surface area contributed by atoms with Gasteiger partial charge in [-0.3, -0.25) is 14.5 Å². The van der Waals surface area contributed by atoms with Crippen molar-refractivity contribution in [1.82, 2.24) is 24.6 Å². The topological polar surface area (TPSA) is 133 Å².